The first-order valence-corrected chi connectivity index (χ1v) is 12.0. The van der Waals surface area contributed by atoms with Crippen molar-refractivity contribution in [2.45, 2.75) is 76.9 Å². The fourth-order valence-electron chi connectivity index (χ4n) is 5.28. The van der Waals surface area contributed by atoms with Crippen LogP contribution in [0, 0.1) is 6.92 Å². The van der Waals surface area contributed by atoms with Crippen molar-refractivity contribution in [2.75, 3.05) is 6.54 Å². The third-order valence-corrected chi connectivity index (χ3v) is 7.22. The Balaban J connectivity index is 1.30. The zero-order valence-electron chi connectivity index (χ0n) is 19.2. The zero-order chi connectivity index (χ0) is 22.8. The van der Waals surface area contributed by atoms with Gasteiger partial charge in [-0.25, -0.2) is 9.78 Å². The SMILES string of the molecule is Cc1c(CC(=O)NCCCn2ccnc2)c(=O)oc2cc3c(cc12)CCC1(CCCCC1)O3. The number of carbonyl (C=O) groups is 1. The normalized spacial score (nSPS) is 17.0. The molecule has 0 atom stereocenters. The Hall–Kier alpha value is -3.09. The van der Waals surface area contributed by atoms with Gasteiger partial charge in [-0.2, -0.15) is 0 Å². The van der Waals surface area contributed by atoms with Crippen LogP contribution in [0.3, 0.4) is 0 Å². The van der Waals surface area contributed by atoms with E-state index in [1.54, 1.807) is 12.5 Å². The lowest BCUT2D eigenvalue weighted by Crippen LogP contribution is -2.41. The van der Waals surface area contributed by atoms with E-state index in [1.807, 2.05) is 23.8 Å². The lowest BCUT2D eigenvalue weighted by Gasteiger charge is -2.41. The standard InChI is InChI=1S/C26H31N3O4/c1-18-20-14-19-6-9-26(7-3-2-4-8-26)33-22(19)16-23(20)32-25(31)21(18)15-24(30)28-10-5-12-29-13-11-27-17-29/h11,13-14,16-17H,2-10,12,15H2,1H3,(H,28,30). The Morgan fingerprint density at radius 1 is 1.21 bits per heavy atom. The lowest BCUT2D eigenvalue weighted by atomic mass is 9.79. The molecule has 3 aromatic rings. The number of aryl methyl sites for hydroxylation is 3. The average molecular weight is 450 g/mol. The molecule has 7 heteroatoms. The number of nitrogens with zero attached hydrogens (tertiary/aromatic N) is 2. The van der Waals surface area contributed by atoms with Gasteiger partial charge in [-0.15, -0.1) is 0 Å². The summed E-state index contributed by atoms with van der Waals surface area (Å²) in [6.45, 7) is 3.23. The summed E-state index contributed by atoms with van der Waals surface area (Å²) in [5.74, 6) is 0.678. The molecule has 0 bridgehead atoms. The van der Waals surface area contributed by atoms with E-state index < -0.39 is 5.63 Å². The summed E-state index contributed by atoms with van der Waals surface area (Å²) in [7, 11) is 0. The third-order valence-electron chi connectivity index (χ3n) is 7.22. The number of ether oxygens (including phenoxy) is 1. The number of imidazole rings is 1. The first kappa shape index (κ1) is 21.7. The van der Waals surface area contributed by atoms with Gasteiger partial charge in [0.25, 0.3) is 0 Å². The van der Waals surface area contributed by atoms with Crippen molar-refractivity contribution in [1.82, 2.24) is 14.9 Å². The van der Waals surface area contributed by atoms with E-state index in [4.69, 9.17) is 9.15 Å². The largest absolute Gasteiger partial charge is 0.487 e. The number of benzene rings is 1. The Morgan fingerprint density at radius 3 is 2.85 bits per heavy atom. The van der Waals surface area contributed by atoms with Gasteiger partial charge in [-0.1, -0.05) is 6.42 Å². The summed E-state index contributed by atoms with van der Waals surface area (Å²) in [5, 5.41) is 3.79. The zero-order valence-corrected chi connectivity index (χ0v) is 19.2. The second-order valence-electron chi connectivity index (χ2n) is 9.48. The predicted molar refractivity (Wildman–Crippen MR) is 126 cm³/mol. The van der Waals surface area contributed by atoms with E-state index in [0.29, 0.717) is 17.7 Å². The number of amides is 1. The molecule has 174 valence electrons. The fraction of sp³-hybridized carbons (Fsp3) is 0.500. The molecule has 1 amide bonds. The Kier molecular flexibility index (Phi) is 5.96. The number of fused-ring (bicyclic) bond motifs is 2. The number of nitrogens with one attached hydrogen (secondary N) is 1. The Bertz CT molecular complexity index is 1210. The third kappa shape index (κ3) is 4.54. The van der Waals surface area contributed by atoms with Crippen LogP contribution in [0.2, 0.25) is 0 Å². The highest BCUT2D eigenvalue weighted by Gasteiger charge is 2.37. The molecule has 1 N–H and O–H groups in total. The highest BCUT2D eigenvalue weighted by Crippen LogP contribution is 2.43. The molecule has 5 rings (SSSR count). The second-order valence-corrected chi connectivity index (χ2v) is 9.48. The maximum Gasteiger partial charge on any atom is 0.340 e. The first-order chi connectivity index (χ1) is 16.0. The minimum Gasteiger partial charge on any atom is -0.487 e. The summed E-state index contributed by atoms with van der Waals surface area (Å²) >= 11 is 0. The second kappa shape index (κ2) is 9.04. The van der Waals surface area contributed by atoms with Crippen LogP contribution in [0.5, 0.6) is 5.75 Å². The summed E-state index contributed by atoms with van der Waals surface area (Å²) in [4.78, 5) is 29.2. The molecule has 0 radical (unpaired) electrons. The van der Waals surface area contributed by atoms with Crippen molar-refractivity contribution in [1.29, 1.82) is 0 Å². The van der Waals surface area contributed by atoms with Crippen LogP contribution in [0.15, 0.2) is 40.1 Å². The molecule has 3 heterocycles. The lowest BCUT2D eigenvalue weighted by molar-refractivity contribution is -0.120. The van der Waals surface area contributed by atoms with Crippen molar-refractivity contribution in [3.05, 3.63) is 58.0 Å². The summed E-state index contributed by atoms with van der Waals surface area (Å²) in [5.41, 5.74) is 2.44. The molecule has 1 saturated carbocycles. The van der Waals surface area contributed by atoms with Gasteiger partial charge >= 0.3 is 5.63 Å². The van der Waals surface area contributed by atoms with Crippen LogP contribution >= 0.6 is 0 Å². The predicted octanol–water partition coefficient (Wildman–Crippen LogP) is 4.07. The topological polar surface area (TPSA) is 86.4 Å². The number of hydrogen-bond acceptors (Lipinski definition) is 5. The maximum absolute atomic E-state index is 12.7. The quantitative estimate of drug-likeness (QED) is 0.453. The number of rotatable bonds is 6. The van der Waals surface area contributed by atoms with Crippen molar-refractivity contribution in [3.63, 3.8) is 0 Å². The van der Waals surface area contributed by atoms with Gasteiger partial charge in [0.2, 0.25) is 5.91 Å². The molecule has 0 saturated heterocycles. The van der Waals surface area contributed by atoms with Crippen LogP contribution in [-0.4, -0.2) is 27.6 Å². The molecule has 1 fully saturated rings. The minimum atomic E-state index is -0.447. The van der Waals surface area contributed by atoms with Crippen LogP contribution < -0.4 is 15.7 Å². The Labute approximate surface area is 193 Å². The van der Waals surface area contributed by atoms with Gasteiger partial charge in [0.1, 0.15) is 16.9 Å². The van der Waals surface area contributed by atoms with Gasteiger partial charge in [0.15, 0.2) is 0 Å². The van der Waals surface area contributed by atoms with Crippen molar-refractivity contribution < 1.29 is 13.9 Å². The molecule has 2 aliphatic rings. The Morgan fingerprint density at radius 2 is 2.06 bits per heavy atom. The molecule has 1 aliphatic heterocycles. The van der Waals surface area contributed by atoms with E-state index >= 15 is 0 Å². The van der Waals surface area contributed by atoms with E-state index in [1.165, 1.54) is 19.3 Å². The molecular formula is C26H31N3O4. The fourth-order valence-corrected chi connectivity index (χ4v) is 5.28. The monoisotopic (exact) mass is 449 g/mol. The van der Waals surface area contributed by atoms with Gasteiger partial charge in [0, 0.05) is 36.9 Å². The van der Waals surface area contributed by atoms with E-state index in [2.05, 4.69) is 16.4 Å². The van der Waals surface area contributed by atoms with Crippen LogP contribution in [0.1, 0.15) is 61.6 Å². The molecule has 0 unspecified atom stereocenters. The van der Waals surface area contributed by atoms with Crippen LogP contribution in [0.4, 0.5) is 0 Å². The molecule has 1 spiro atoms. The van der Waals surface area contributed by atoms with E-state index in [0.717, 1.165) is 60.9 Å². The van der Waals surface area contributed by atoms with Crippen LogP contribution in [0.25, 0.3) is 11.0 Å². The highest BCUT2D eigenvalue weighted by atomic mass is 16.5. The molecule has 1 aliphatic carbocycles. The average Bonchev–Trinajstić information content (AvgIpc) is 3.33. The minimum absolute atomic E-state index is 0.0197. The van der Waals surface area contributed by atoms with Crippen molar-refractivity contribution in [2.24, 2.45) is 0 Å². The van der Waals surface area contributed by atoms with Gasteiger partial charge in [-0.05, 0) is 69.1 Å². The van der Waals surface area contributed by atoms with Gasteiger partial charge in [-0.3, -0.25) is 4.79 Å². The molecule has 1 aromatic carbocycles. The van der Waals surface area contributed by atoms with E-state index in [9.17, 15) is 9.59 Å². The van der Waals surface area contributed by atoms with Gasteiger partial charge < -0.3 is 19.0 Å². The molecule has 33 heavy (non-hydrogen) atoms. The van der Waals surface area contributed by atoms with Crippen molar-refractivity contribution >= 4 is 16.9 Å². The smallest absolute Gasteiger partial charge is 0.340 e. The van der Waals surface area contributed by atoms with E-state index in [-0.39, 0.29) is 17.9 Å². The summed E-state index contributed by atoms with van der Waals surface area (Å²) in [6, 6.07) is 3.97. The molecule has 7 nitrogen and oxygen atoms in total. The molecule has 2 aromatic heterocycles. The number of carbonyl (C=O) groups excluding carboxylic acids is 1. The summed E-state index contributed by atoms with van der Waals surface area (Å²) < 4.78 is 14.1. The molecular weight excluding hydrogens is 418 g/mol. The van der Waals surface area contributed by atoms with Crippen molar-refractivity contribution in [3.8, 4) is 5.75 Å². The van der Waals surface area contributed by atoms with Gasteiger partial charge in [0.05, 0.1) is 18.3 Å². The number of hydrogen-bond donors (Lipinski definition) is 1. The maximum atomic E-state index is 12.7. The highest BCUT2D eigenvalue weighted by molar-refractivity contribution is 5.86. The van der Waals surface area contributed by atoms with Crippen LogP contribution in [-0.2, 0) is 24.2 Å². The summed E-state index contributed by atoms with van der Waals surface area (Å²) in [6.07, 6.45) is 14.1. The first-order valence-electron chi connectivity index (χ1n) is 12.0. The number of aromatic nitrogens is 2.